The Morgan fingerprint density at radius 2 is 1.95 bits per heavy atom. The van der Waals surface area contributed by atoms with E-state index in [0.717, 1.165) is 31.2 Å². The molecule has 2 unspecified atom stereocenters. The molecule has 0 amide bonds. The summed E-state index contributed by atoms with van der Waals surface area (Å²) in [4.78, 5) is 11.9. The zero-order valence-corrected chi connectivity index (χ0v) is 11.5. The van der Waals surface area contributed by atoms with E-state index in [4.69, 9.17) is 9.47 Å². The Labute approximate surface area is 114 Å². The fraction of sp³-hybridized carbons (Fsp3) is 0.562. The lowest BCUT2D eigenvalue weighted by Gasteiger charge is -2.28. The Bertz CT molecular complexity index is 388. The molecule has 0 spiro atoms. The van der Waals surface area contributed by atoms with E-state index in [1.807, 2.05) is 30.3 Å². The maximum absolute atomic E-state index is 11.9. The molecule has 3 heteroatoms. The molecule has 1 aliphatic carbocycles. The normalized spacial score (nSPS) is 23.2. The topological polar surface area (TPSA) is 35.5 Å². The van der Waals surface area contributed by atoms with Crippen molar-refractivity contribution in [1.82, 2.24) is 0 Å². The first-order valence-electron chi connectivity index (χ1n) is 7.02. The first-order valence-corrected chi connectivity index (χ1v) is 7.02. The van der Waals surface area contributed by atoms with Crippen molar-refractivity contribution >= 4 is 5.78 Å². The number of ether oxygens (including phenoxy) is 2. The quantitative estimate of drug-likeness (QED) is 0.738. The van der Waals surface area contributed by atoms with Gasteiger partial charge in [0.2, 0.25) is 0 Å². The molecule has 0 N–H and O–H groups in total. The van der Waals surface area contributed by atoms with Crippen LogP contribution in [0.2, 0.25) is 0 Å². The molecule has 0 aliphatic heterocycles. The molecule has 0 radical (unpaired) electrons. The van der Waals surface area contributed by atoms with Gasteiger partial charge in [-0.05, 0) is 25.7 Å². The standard InChI is InChI=1S/C16H22O3/c1-18-14-8-5-9-15(12-14)19-11-10-16(17)13-6-3-2-4-7-13/h2-4,6-7,14-15H,5,8-12H2,1H3. The number of methoxy groups -OCH3 is 1. The minimum Gasteiger partial charge on any atom is -0.381 e. The molecule has 1 aromatic carbocycles. The predicted octanol–water partition coefficient (Wildman–Crippen LogP) is 3.23. The summed E-state index contributed by atoms with van der Waals surface area (Å²) in [6.07, 6.45) is 5.34. The summed E-state index contributed by atoms with van der Waals surface area (Å²) in [5.74, 6) is 0.153. The summed E-state index contributed by atoms with van der Waals surface area (Å²) in [5, 5.41) is 0. The largest absolute Gasteiger partial charge is 0.381 e. The highest BCUT2D eigenvalue weighted by molar-refractivity contribution is 5.96. The van der Waals surface area contributed by atoms with Gasteiger partial charge in [0.15, 0.2) is 5.78 Å². The van der Waals surface area contributed by atoms with E-state index in [1.165, 1.54) is 0 Å². The Balaban J connectivity index is 1.70. The van der Waals surface area contributed by atoms with Crippen LogP contribution in [-0.2, 0) is 9.47 Å². The molecule has 0 aromatic heterocycles. The minimum atomic E-state index is 0.153. The molecule has 0 saturated heterocycles. The van der Waals surface area contributed by atoms with Gasteiger partial charge in [-0.15, -0.1) is 0 Å². The van der Waals surface area contributed by atoms with Crippen molar-refractivity contribution in [3.63, 3.8) is 0 Å². The molecular formula is C16H22O3. The Morgan fingerprint density at radius 3 is 2.68 bits per heavy atom. The zero-order valence-electron chi connectivity index (χ0n) is 11.5. The third-order valence-electron chi connectivity index (χ3n) is 3.69. The zero-order chi connectivity index (χ0) is 13.5. The lowest BCUT2D eigenvalue weighted by Crippen LogP contribution is -2.28. The molecule has 1 saturated carbocycles. The second kappa shape index (κ2) is 7.41. The van der Waals surface area contributed by atoms with E-state index in [-0.39, 0.29) is 11.9 Å². The van der Waals surface area contributed by atoms with Crippen LogP contribution >= 0.6 is 0 Å². The van der Waals surface area contributed by atoms with Gasteiger partial charge in [0.1, 0.15) is 0 Å². The molecule has 1 aromatic rings. The average molecular weight is 262 g/mol. The maximum atomic E-state index is 11.9. The van der Waals surface area contributed by atoms with Gasteiger partial charge in [0.05, 0.1) is 18.8 Å². The van der Waals surface area contributed by atoms with E-state index >= 15 is 0 Å². The molecule has 104 valence electrons. The second-order valence-electron chi connectivity index (χ2n) is 5.06. The van der Waals surface area contributed by atoms with Gasteiger partial charge < -0.3 is 9.47 Å². The van der Waals surface area contributed by atoms with Crippen molar-refractivity contribution in [2.75, 3.05) is 13.7 Å². The lowest BCUT2D eigenvalue weighted by atomic mass is 9.95. The van der Waals surface area contributed by atoms with Gasteiger partial charge in [-0.2, -0.15) is 0 Å². The third-order valence-corrected chi connectivity index (χ3v) is 3.69. The number of Topliss-reactive ketones (excluding diaryl/α,β-unsaturated/α-hetero) is 1. The molecule has 1 aliphatic rings. The number of carbonyl (C=O) groups excluding carboxylic acids is 1. The molecule has 19 heavy (non-hydrogen) atoms. The van der Waals surface area contributed by atoms with Crippen molar-refractivity contribution in [2.45, 2.75) is 44.3 Å². The van der Waals surface area contributed by atoms with Crippen LogP contribution < -0.4 is 0 Å². The number of carbonyl (C=O) groups is 1. The van der Waals surface area contributed by atoms with Gasteiger partial charge >= 0.3 is 0 Å². The number of ketones is 1. The monoisotopic (exact) mass is 262 g/mol. The first-order chi connectivity index (χ1) is 9.29. The summed E-state index contributed by atoms with van der Waals surface area (Å²) in [5.41, 5.74) is 0.768. The molecule has 3 nitrogen and oxygen atoms in total. The van der Waals surface area contributed by atoms with E-state index in [0.29, 0.717) is 19.1 Å². The van der Waals surface area contributed by atoms with Crippen LogP contribution in [0.15, 0.2) is 30.3 Å². The molecule has 2 rings (SSSR count). The molecule has 1 fully saturated rings. The van der Waals surface area contributed by atoms with Crippen molar-refractivity contribution in [3.05, 3.63) is 35.9 Å². The number of rotatable bonds is 6. The number of hydrogen-bond acceptors (Lipinski definition) is 3. The van der Waals surface area contributed by atoms with Crippen LogP contribution in [0.1, 0.15) is 42.5 Å². The molecule has 2 atom stereocenters. The van der Waals surface area contributed by atoms with Crippen LogP contribution in [0.25, 0.3) is 0 Å². The minimum absolute atomic E-state index is 0.153. The summed E-state index contributed by atoms with van der Waals surface area (Å²) >= 11 is 0. The van der Waals surface area contributed by atoms with Crippen LogP contribution in [-0.4, -0.2) is 31.7 Å². The lowest BCUT2D eigenvalue weighted by molar-refractivity contribution is -0.0286. The van der Waals surface area contributed by atoms with Crippen molar-refractivity contribution < 1.29 is 14.3 Å². The van der Waals surface area contributed by atoms with Crippen molar-refractivity contribution in [2.24, 2.45) is 0 Å². The summed E-state index contributed by atoms with van der Waals surface area (Å²) in [7, 11) is 1.76. The SMILES string of the molecule is COC1CCCC(OCCC(=O)c2ccccc2)C1. The fourth-order valence-corrected chi connectivity index (χ4v) is 2.55. The van der Waals surface area contributed by atoms with Gasteiger partial charge in [-0.3, -0.25) is 4.79 Å². The Kier molecular flexibility index (Phi) is 5.55. The predicted molar refractivity (Wildman–Crippen MR) is 74.4 cm³/mol. The Morgan fingerprint density at radius 1 is 1.21 bits per heavy atom. The third kappa shape index (κ3) is 4.44. The van der Waals surface area contributed by atoms with E-state index in [1.54, 1.807) is 7.11 Å². The average Bonchev–Trinajstić information content (AvgIpc) is 2.48. The molecular weight excluding hydrogens is 240 g/mol. The van der Waals surface area contributed by atoms with Crippen molar-refractivity contribution in [3.8, 4) is 0 Å². The number of benzene rings is 1. The van der Waals surface area contributed by atoms with Gasteiger partial charge in [0.25, 0.3) is 0 Å². The smallest absolute Gasteiger partial charge is 0.165 e. The number of hydrogen-bond donors (Lipinski definition) is 0. The summed E-state index contributed by atoms with van der Waals surface area (Å²) < 4.78 is 11.2. The summed E-state index contributed by atoms with van der Waals surface area (Å²) in [6, 6.07) is 9.39. The van der Waals surface area contributed by atoms with Crippen molar-refractivity contribution in [1.29, 1.82) is 0 Å². The highest BCUT2D eigenvalue weighted by atomic mass is 16.5. The molecule has 0 heterocycles. The summed E-state index contributed by atoms with van der Waals surface area (Å²) in [6.45, 7) is 0.509. The maximum Gasteiger partial charge on any atom is 0.165 e. The first kappa shape index (κ1) is 14.2. The van der Waals surface area contributed by atoms with E-state index < -0.39 is 0 Å². The van der Waals surface area contributed by atoms with E-state index in [9.17, 15) is 4.79 Å². The van der Waals surface area contributed by atoms with Gasteiger partial charge in [0, 0.05) is 19.1 Å². The van der Waals surface area contributed by atoms with Crippen LogP contribution in [0.5, 0.6) is 0 Å². The van der Waals surface area contributed by atoms with Gasteiger partial charge in [-0.1, -0.05) is 30.3 Å². The second-order valence-corrected chi connectivity index (χ2v) is 5.06. The molecule has 0 bridgehead atoms. The van der Waals surface area contributed by atoms with Crippen LogP contribution in [0, 0.1) is 0 Å². The van der Waals surface area contributed by atoms with Gasteiger partial charge in [-0.25, -0.2) is 0 Å². The Hall–Kier alpha value is -1.19. The highest BCUT2D eigenvalue weighted by Crippen LogP contribution is 2.23. The fourth-order valence-electron chi connectivity index (χ4n) is 2.55. The van der Waals surface area contributed by atoms with Crippen LogP contribution in [0.4, 0.5) is 0 Å². The van der Waals surface area contributed by atoms with Crippen LogP contribution in [0.3, 0.4) is 0 Å². The van der Waals surface area contributed by atoms with E-state index in [2.05, 4.69) is 0 Å². The highest BCUT2D eigenvalue weighted by Gasteiger charge is 2.22.